The maximum absolute atomic E-state index is 11.9. The highest BCUT2D eigenvalue weighted by Gasteiger charge is 2.33. The van der Waals surface area contributed by atoms with Crippen molar-refractivity contribution in [2.45, 2.75) is 25.7 Å². The Kier molecular flexibility index (Phi) is 4.40. The number of carbonyl (C=O) groups is 2. The lowest BCUT2D eigenvalue weighted by molar-refractivity contribution is -0.121. The molecule has 1 aliphatic carbocycles. The summed E-state index contributed by atoms with van der Waals surface area (Å²) < 4.78 is 1.59. The fraction of sp³-hybridized carbons (Fsp3) is 0.636. The summed E-state index contributed by atoms with van der Waals surface area (Å²) in [5.74, 6) is -0.337. The predicted octanol–water partition coefficient (Wildman–Crippen LogP) is 1.79. The van der Waals surface area contributed by atoms with Gasteiger partial charge >= 0.3 is 6.03 Å². The van der Waals surface area contributed by atoms with Crippen molar-refractivity contribution >= 4 is 35.5 Å². The average molecular weight is 290 g/mol. The van der Waals surface area contributed by atoms with Gasteiger partial charge in [-0.1, -0.05) is 6.42 Å². The molecule has 2 aliphatic rings. The first-order chi connectivity index (χ1) is 8.63. The van der Waals surface area contributed by atoms with Gasteiger partial charge in [-0.25, -0.2) is 4.79 Å². The molecule has 2 rings (SSSR count). The van der Waals surface area contributed by atoms with E-state index in [0.717, 1.165) is 24.2 Å². The molecule has 7 heteroatoms. The third kappa shape index (κ3) is 2.75. The molecule has 1 atom stereocenters. The molecule has 0 bridgehead atoms. The molecule has 1 aliphatic heterocycles. The van der Waals surface area contributed by atoms with Gasteiger partial charge in [0.1, 0.15) is 0 Å². The van der Waals surface area contributed by atoms with Crippen molar-refractivity contribution in [1.29, 1.82) is 0 Å². The second-order valence-electron chi connectivity index (χ2n) is 4.35. The average Bonchev–Trinajstić information content (AvgIpc) is 2.52. The molecule has 0 fully saturated rings. The molecular weight excluding hydrogens is 274 g/mol. The number of nitrogens with one attached hydrogen (secondary N) is 1. The Bertz CT molecular complexity index is 400. The van der Waals surface area contributed by atoms with Crippen molar-refractivity contribution in [2.24, 2.45) is 11.7 Å². The van der Waals surface area contributed by atoms with Crippen molar-refractivity contribution < 1.29 is 9.59 Å². The summed E-state index contributed by atoms with van der Waals surface area (Å²) in [4.78, 5) is 24.4. The molecule has 0 aromatic carbocycles. The van der Waals surface area contributed by atoms with Crippen LogP contribution in [0.25, 0.3) is 0 Å². The van der Waals surface area contributed by atoms with Crippen LogP contribution in [-0.4, -0.2) is 28.7 Å². The second kappa shape index (κ2) is 5.84. The van der Waals surface area contributed by atoms with E-state index in [9.17, 15) is 9.59 Å². The zero-order valence-electron chi connectivity index (χ0n) is 9.95. The topological polar surface area (TPSA) is 75.4 Å². The summed E-state index contributed by atoms with van der Waals surface area (Å²) in [5, 5.41) is 2.81. The van der Waals surface area contributed by atoms with Crippen molar-refractivity contribution in [3.05, 3.63) is 10.6 Å². The number of nitrogens with two attached hydrogens (primary N) is 1. The van der Waals surface area contributed by atoms with E-state index in [1.807, 2.05) is 0 Å². The Morgan fingerprint density at radius 2 is 2.33 bits per heavy atom. The smallest absolute Gasteiger partial charge is 0.331 e. The van der Waals surface area contributed by atoms with Gasteiger partial charge in [0, 0.05) is 23.0 Å². The lowest BCUT2D eigenvalue weighted by Crippen LogP contribution is -2.43. The van der Waals surface area contributed by atoms with Gasteiger partial charge in [0.05, 0.1) is 5.92 Å². The lowest BCUT2D eigenvalue weighted by Gasteiger charge is -2.31. The van der Waals surface area contributed by atoms with E-state index < -0.39 is 0 Å². The molecule has 0 aromatic heterocycles. The van der Waals surface area contributed by atoms with Crippen LogP contribution in [0.4, 0.5) is 4.79 Å². The monoisotopic (exact) mass is 289 g/mol. The summed E-state index contributed by atoms with van der Waals surface area (Å²) in [5.41, 5.74) is 6.12. The lowest BCUT2D eigenvalue weighted by atomic mass is 10.00. The largest absolute Gasteiger partial charge is 0.369 e. The molecule has 1 heterocycles. The van der Waals surface area contributed by atoms with Crippen LogP contribution in [0.5, 0.6) is 0 Å². The van der Waals surface area contributed by atoms with Crippen molar-refractivity contribution in [1.82, 2.24) is 9.62 Å². The van der Waals surface area contributed by atoms with E-state index in [1.165, 1.54) is 11.9 Å². The molecule has 0 saturated heterocycles. The summed E-state index contributed by atoms with van der Waals surface area (Å²) in [6.45, 7) is 0.482. The minimum atomic E-state index is -0.365. The Morgan fingerprint density at radius 1 is 1.56 bits per heavy atom. The minimum absolute atomic E-state index is 0.215. The van der Waals surface area contributed by atoms with E-state index in [1.54, 1.807) is 4.31 Å². The molecule has 3 N–H and O–H groups in total. The van der Waals surface area contributed by atoms with E-state index in [-0.39, 0.29) is 17.9 Å². The number of hydrogen-bond acceptors (Lipinski definition) is 3. The van der Waals surface area contributed by atoms with Crippen molar-refractivity contribution in [2.75, 3.05) is 12.4 Å². The molecule has 3 amide bonds. The standard InChI is InChI=1S/C11H16ClN3O2S/c12-5-6-15-11(17)14-9-7(10(13)16)3-1-2-4-8(9)18-15/h7H,1-6H2,(H2,13,16)(H,14,17). The van der Waals surface area contributed by atoms with E-state index in [2.05, 4.69) is 5.32 Å². The number of amides is 3. The summed E-state index contributed by atoms with van der Waals surface area (Å²) in [6, 6.07) is -0.215. The van der Waals surface area contributed by atoms with Gasteiger partial charge in [0.2, 0.25) is 5.91 Å². The molecule has 18 heavy (non-hydrogen) atoms. The van der Waals surface area contributed by atoms with Gasteiger partial charge in [-0.2, -0.15) is 0 Å². The second-order valence-corrected chi connectivity index (χ2v) is 5.84. The summed E-state index contributed by atoms with van der Waals surface area (Å²) >= 11 is 7.05. The van der Waals surface area contributed by atoms with Crippen LogP contribution < -0.4 is 11.1 Å². The molecular formula is C11H16ClN3O2S. The number of hydrogen-bond donors (Lipinski definition) is 2. The van der Waals surface area contributed by atoms with Crippen LogP contribution in [0.3, 0.4) is 0 Å². The molecule has 0 spiro atoms. The Labute approximate surface area is 115 Å². The highest BCUT2D eigenvalue weighted by atomic mass is 35.5. The Balaban J connectivity index is 2.25. The van der Waals surface area contributed by atoms with Gasteiger partial charge in [-0.05, 0) is 31.2 Å². The van der Waals surface area contributed by atoms with Gasteiger partial charge < -0.3 is 11.1 Å². The summed E-state index contributed by atoms with van der Waals surface area (Å²) in [6.07, 6.45) is 3.56. The SMILES string of the molecule is NC(=O)C1CCCCC2=C1NC(=O)N(CCCl)S2. The number of urea groups is 1. The molecule has 0 saturated carbocycles. The molecule has 0 aromatic rings. The fourth-order valence-corrected chi connectivity index (χ4v) is 3.59. The number of rotatable bonds is 3. The quantitative estimate of drug-likeness (QED) is 0.614. The maximum Gasteiger partial charge on any atom is 0.331 e. The number of halogens is 1. The fourth-order valence-electron chi connectivity index (χ4n) is 2.22. The third-order valence-electron chi connectivity index (χ3n) is 3.12. The van der Waals surface area contributed by atoms with Crippen LogP contribution in [0.1, 0.15) is 25.7 Å². The van der Waals surface area contributed by atoms with Gasteiger partial charge in [-0.15, -0.1) is 11.6 Å². The minimum Gasteiger partial charge on any atom is -0.369 e. The molecule has 1 unspecified atom stereocenters. The van der Waals surface area contributed by atoms with Gasteiger partial charge in [0.15, 0.2) is 0 Å². The van der Waals surface area contributed by atoms with Crippen LogP contribution in [0.2, 0.25) is 0 Å². The number of primary amides is 1. The molecule has 100 valence electrons. The maximum atomic E-state index is 11.9. The predicted molar refractivity (Wildman–Crippen MR) is 71.7 cm³/mol. The van der Waals surface area contributed by atoms with Crippen molar-refractivity contribution in [3.8, 4) is 0 Å². The zero-order chi connectivity index (χ0) is 13.1. The first-order valence-electron chi connectivity index (χ1n) is 5.98. The Hall–Kier alpha value is -0.880. The van der Waals surface area contributed by atoms with Crippen LogP contribution in [0, 0.1) is 5.92 Å². The van der Waals surface area contributed by atoms with Crippen LogP contribution in [0.15, 0.2) is 10.6 Å². The van der Waals surface area contributed by atoms with Crippen LogP contribution >= 0.6 is 23.5 Å². The Morgan fingerprint density at radius 3 is 3.00 bits per heavy atom. The highest BCUT2D eigenvalue weighted by Crippen LogP contribution is 2.38. The third-order valence-corrected chi connectivity index (χ3v) is 4.50. The van der Waals surface area contributed by atoms with Crippen molar-refractivity contribution in [3.63, 3.8) is 0 Å². The number of carbonyl (C=O) groups excluding carboxylic acids is 2. The number of allylic oxidation sites excluding steroid dienone is 1. The number of nitrogens with zero attached hydrogens (tertiary/aromatic N) is 1. The zero-order valence-corrected chi connectivity index (χ0v) is 11.5. The van der Waals surface area contributed by atoms with E-state index in [4.69, 9.17) is 17.3 Å². The molecule has 0 radical (unpaired) electrons. The first kappa shape index (κ1) is 13.5. The number of alkyl halides is 1. The molecule has 5 nitrogen and oxygen atoms in total. The first-order valence-corrected chi connectivity index (χ1v) is 7.29. The highest BCUT2D eigenvalue weighted by molar-refractivity contribution is 8.01. The van der Waals surface area contributed by atoms with Gasteiger partial charge in [0.25, 0.3) is 0 Å². The van der Waals surface area contributed by atoms with Crippen LogP contribution in [-0.2, 0) is 4.79 Å². The normalized spacial score (nSPS) is 24.4. The van der Waals surface area contributed by atoms with E-state index in [0.29, 0.717) is 24.5 Å². The van der Waals surface area contributed by atoms with E-state index >= 15 is 0 Å². The summed E-state index contributed by atoms with van der Waals surface area (Å²) in [7, 11) is 0. The van der Waals surface area contributed by atoms with Gasteiger partial charge in [-0.3, -0.25) is 9.10 Å².